The van der Waals surface area contributed by atoms with Gasteiger partial charge >= 0.3 is 0 Å². The minimum Gasteiger partial charge on any atom is -0.320 e. The van der Waals surface area contributed by atoms with Crippen LogP contribution in [0.4, 0.5) is 5.69 Å². The lowest BCUT2D eigenvalue weighted by atomic mass is 10.2. The lowest BCUT2D eigenvalue weighted by Crippen LogP contribution is -2.10. The smallest absolute Gasteiger partial charge is 0.267 e. The monoisotopic (exact) mass is 322 g/mol. The SMILES string of the molecule is O=C(Nc1ccc(Cl)nc1)c1sc2ccccc2c1Cl. The molecule has 0 saturated carbocycles. The van der Waals surface area contributed by atoms with E-state index in [0.29, 0.717) is 20.7 Å². The van der Waals surface area contributed by atoms with Gasteiger partial charge in [-0.2, -0.15) is 0 Å². The molecule has 2 aromatic heterocycles. The van der Waals surface area contributed by atoms with Gasteiger partial charge in [-0.05, 0) is 18.2 Å². The molecule has 3 rings (SSSR count). The number of hydrogen-bond acceptors (Lipinski definition) is 3. The number of pyridine rings is 1. The van der Waals surface area contributed by atoms with E-state index < -0.39 is 0 Å². The Kier molecular flexibility index (Phi) is 3.61. The van der Waals surface area contributed by atoms with Crippen LogP contribution in [-0.2, 0) is 0 Å². The van der Waals surface area contributed by atoms with Crippen molar-refractivity contribution in [1.29, 1.82) is 0 Å². The van der Waals surface area contributed by atoms with E-state index in [2.05, 4.69) is 10.3 Å². The maximum atomic E-state index is 12.2. The Labute approximate surface area is 129 Å². The van der Waals surface area contributed by atoms with Crippen LogP contribution in [0.2, 0.25) is 10.2 Å². The number of fused-ring (bicyclic) bond motifs is 1. The highest BCUT2D eigenvalue weighted by atomic mass is 35.5. The number of halogens is 2. The number of anilines is 1. The Hall–Kier alpha value is -1.62. The molecule has 0 bridgehead atoms. The van der Waals surface area contributed by atoms with Crippen molar-refractivity contribution >= 4 is 56.2 Å². The van der Waals surface area contributed by atoms with Gasteiger partial charge in [-0.25, -0.2) is 4.98 Å². The highest BCUT2D eigenvalue weighted by Gasteiger charge is 2.16. The molecular weight excluding hydrogens is 315 g/mol. The van der Waals surface area contributed by atoms with E-state index in [-0.39, 0.29) is 5.91 Å². The summed E-state index contributed by atoms with van der Waals surface area (Å²) in [5, 5.41) is 4.50. The zero-order valence-corrected chi connectivity index (χ0v) is 12.4. The summed E-state index contributed by atoms with van der Waals surface area (Å²) < 4.78 is 0.983. The Bertz CT molecular complexity index is 783. The summed E-state index contributed by atoms with van der Waals surface area (Å²) in [4.78, 5) is 16.6. The van der Waals surface area contributed by atoms with Crippen molar-refractivity contribution in [3.63, 3.8) is 0 Å². The van der Waals surface area contributed by atoms with Gasteiger partial charge in [0.2, 0.25) is 0 Å². The normalized spacial score (nSPS) is 10.7. The van der Waals surface area contributed by atoms with Crippen LogP contribution in [0.3, 0.4) is 0 Å². The maximum Gasteiger partial charge on any atom is 0.267 e. The number of nitrogens with zero attached hydrogens (tertiary/aromatic N) is 1. The third-order valence-electron chi connectivity index (χ3n) is 2.73. The summed E-state index contributed by atoms with van der Waals surface area (Å²) in [6.45, 7) is 0. The number of rotatable bonds is 2. The number of hydrogen-bond donors (Lipinski definition) is 1. The van der Waals surface area contributed by atoms with E-state index in [1.165, 1.54) is 17.5 Å². The second-order valence-electron chi connectivity index (χ2n) is 4.07. The molecule has 0 radical (unpaired) electrons. The summed E-state index contributed by atoms with van der Waals surface area (Å²) in [5.41, 5.74) is 0.577. The van der Waals surface area contributed by atoms with Crippen molar-refractivity contribution in [1.82, 2.24) is 4.98 Å². The molecule has 1 amide bonds. The van der Waals surface area contributed by atoms with Gasteiger partial charge in [0.05, 0.1) is 16.9 Å². The average molecular weight is 323 g/mol. The summed E-state index contributed by atoms with van der Waals surface area (Å²) in [6.07, 6.45) is 1.50. The largest absolute Gasteiger partial charge is 0.320 e. The van der Waals surface area contributed by atoms with Crippen molar-refractivity contribution in [2.24, 2.45) is 0 Å². The third kappa shape index (κ3) is 2.50. The molecule has 3 nitrogen and oxygen atoms in total. The topological polar surface area (TPSA) is 42.0 Å². The first-order valence-electron chi connectivity index (χ1n) is 5.75. The van der Waals surface area contributed by atoms with Crippen LogP contribution >= 0.6 is 34.5 Å². The first kappa shape index (κ1) is 13.4. The van der Waals surface area contributed by atoms with E-state index in [4.69, 9.17) is 23.2 Å². The molecule has 0 aliphatic rings. The fourth-order valence-electron chi connectivity index (χ4n) is 1.80. The number of carbonyl (C=O) groups is 1. The third-order valence-corrected chi connectivity index (χ3v) is 4.62. The zero-order chi connectivity index (χ0) is 14.1. The van der Waals surface area contributed by atoms with Crippen LogP contribution in [0.1, 0.15) is 9.67 Å². The van der Waals surface area contributed by atoms with Crippen molar-refractivity contribution in [3.05, 3.63) is 57.6 Å². The van der Waals surface area contributed by atoms with Crippen LogP contribution in [0.15, 0.2) is 42.6 Å². The van der Waals surface area contributed by atoms with Crippen LogP contribution in [0, 0.1) is 0 Å². The minimum absolute atomic E-state index is 0.250. The first-order chi connectivity index (χ1) is 9.65. The first-order valence-corrected chi connectivity index (χ1v) is 7.32. The van der Waals surface area contributed by atoms with E-state index in [1.54, 1.807) is 12.1 Å². The molecule has 0 saturated heterocycles. The van der Waals surface area contributed by atoms with Gasteiger partial charge in [-0.3, -0.25) is 4.79 Å². The predicted molar refractivity (Wildman–Crippen MR) is 84.0 cm³/mol. The average Bonchev–Trinajstić information content (AvgIpc) is 2.79. The predicted octanol–water partition coefficient (Wildman–Crippen LogP) is 4.86. The number of benzene rings is 1. The van der Waals surface area contributed by atoms with Crippen molar-refractivity contribution < 1.29 is 4.79 Å². The van der Waals surface area contributed by atoms with Crippen LogP contribution in [-0.4, -0.2) is 10.9 Å². The fourth-order valence-corrected chi connectivity index (χ4v) is 3.32. The van der Waals surface area contributed by atoms with Gasteiger partial charge in [-0.15, -0.1) is 11.3 Å². The van der Waals surface area contributed by atoms with Gasteiger partial charge in [0.25, 0.3) is 5.91 Å². The lowest BCUT2D eigenvalue weighted by Gasteiger charge is -2.03. The van der Waals surface area contributed by atoms with Crippen LogP contribution in [0.25, 0.3) is 10.1 Å². The number of aromatic nitrogens is 1. The quantitative estimate of drug-likeness (QED) is 0.685. The number of nitrogens with one attached hydrogen (secondary N) is 1. The molecule has 1 aromatic carbocycles. The molecule has 0 spiro atoms. The molecule has 6 heteroatoms. The summed E-state index contributed by atoms with van der Waals surface area (Å²) in [7, 11) is 0. The van der Waals surface area contributed by atoms with Crippen molar-refractivity contribution in [2.75, 3.05) is 5.32 Å². The molecule has 20 heavy (non-hydrogen) atoms. The zero-order valence-electron chi connectivity index (χ0n) is 10.1. The number of thiophene rings is 1. The minimum atomic E-state index is -0.250. The second kappa shape index (κ2) is 5.40. The molecule has 100 valence electrons. The molecule has 0 unspecified atom stereocenters. The fraction of sp³-hybridized carbons (Fsp3) is 0. The van der Waals surface area contributed by atoms with E-state index in [0.717, 1.165) is 10.1 Å². The second-order valence-corrected chi connectivity index (χ2v) is 5.88. The molecule has 3 aromatic rings. The van der Waals surface area contributed by atoms with E-state index >= 15 is 0 Å². The van der Waals surface area contributed by atoms with E-state index in [1.807, 2.05) is 24.3 Å². The van der Waals surface area contributed by atoms with Gasteiger partial charge < -0.3 is 5.32 Å². The maximum absolute atomic E-state index is 12.2. The lowest BCUT2D eigenvalue weighted by molar-refractivity contribution is 0.103. The summed E-state index contributed by atoms with van der Waals surface area (Å²) >= 11 is 13.3. The van der Waals surface area contributed by atoms with Crippen LogP contribution < -0.4 is 5.32 Å². The molecule has 0 aliphatic carbocycles. The highest BCUT2D eigenvalue weighted by Crippen LogP contribution is 2.35. The number of amides is 1. The highest BCUT2D eigenvalue weighted by molar-refractivity contribution is 7.21. The van der Waals surface area contributed by atoms with Crippen LogP contribution in [0.5, 0.6) is 0 Å². The molecule has 0 aliphatic heterocycles. The van der Waals surface area contributed by atoms with Gasteiger partial charge in [0.15, 0.2) is 0 Å². The standard InChI is InChI=1S/C14H8Cl2N2OS/c15-11-6-5-8(7-17-11)18-14(19)13-12(16)9-3-1-2-4-10(9)20-13/h1-7H,(H,18,19). The Morgan fingerprint density at radius 2 is 1.95 bits per heavy atom. The Balaban J connectivity index is 1.92. The molecular formula is C14H8Cl2N2OS. The summed E-state index contributed by atoms with van der Waals surface area (Å²) in [5.74, 6) is -0.250. The number of carbonyl (C=O) groups excluding carboxylic acids is 1. The molecule has 1 N–H and O–H groups in total. The Morgan fingerprint density at radius 3 is 2.65 bits per heavy atom. The van der Waals surface area contributed by atoms with E-state index in [9.17, 15) is 4.79 Å². The Morgan fingerprint density at radius 1 is 1.15 bits per heavy atom. The summed E-state index contributed by atoms with van der Waals surface area (Å²) in [6, 6.07) is 10.9. The molecule has 0 fully saturated rings. The van der Waals surface area contributed by atoms with Gasteiger partial charge in [-0.1, -0.05) is 41.4 Å². The molecule has 2 heterocycles. The van der Waals surface area contributed by atoms with Gasteiger partial charge in [0.1, 0.15) is 10.0 Å². The van der Waals surface area contributed by atoms with Crippen molar-refractivity contribution in [3.8, 4) is 0 Å². The van der Waals surface area contributed by atoms with Crippen molar-refractivity contribution in [2.45, 2.75) is 0 Å². The molecule has 0 atom stereocenters. The van der Waals surface area contributed by atoms with Gasteiger partial charge in [0, 0.05) is 10.1 Å².